The molecule has 0 saturated heterocycles. The van der Waals surface area contributed by atoms with Gasteiger partial charge in [-0.3, -0.25) is 9.78 Å². The van der Waals surface area contributed by atoms with Gasteiger partial charge in [-0.2, -0.15) is 0 Å². The molecule has 1 atom stereocenters. The highest BCUT2D eigenvalue weighted by Gasteiger charge is 2.25. The second-order valence-electron chi connectivity index (χ2n) is 6.36. The maximum absolute atomic E-state index is 12.1. The number of carbonyl (C=O) groups excluding carboxylic acids is 1. The van der Waals surface area contributed by atoms with E-state index in [1.54, 1.807) is 23.7 Å². The molecule has 4 rings (SSSR count). The number of pyridine rings is 1. The molecule has 0 saturated carbocycles. The molecule has 4 nitrogen and oxygen atoms in total. The van der Waals surface area contributed by atoms with E-state index in [0.717, 1.165) is 29.7 Å². The van der Waals surface area contributed by atoms with Gasteiger partial charge in [0.1, 0.15) is 11.9 Å². The van der Waals surface area contributed by atoms with Gasteiger partial charge >= 0.3 is 0 Å². The summed E-state index contributed by atoms with van der Waals surface area (Å²) in [7, 11) is 0. The second kappa shape index (κ2) is 7.70. The van der Waals surface area contributed by atoms with Crippen LogP contribution in [0.5, 0.6) is 5.75 Å². The molecule has 0 radical (unpaired) electrons. The standard InChI is InChI=1S/C21H20N2O2S/c24-20(7-6-18-4-2-12-26-18)23-14-17-13-16-3-1-5-19(21(16)25-17)15-8-10-22-11-9-15/h1-5,8-12,17H,6-7,13-14H2,(H,23,24)/t17-/m1/s1. The topological polar surface area (TPSA) is 51.2 Å². The second-order valence-corrected chi connectivity index (χ2v) is 7.39. The van der Waals surface area contributed by atoms with E-state index in [0.29, 0.717) is 13.0 Å². The molecule has 0 unspecified atom stereocenters. The maximum Gasteiger partial charge on any atom is 0.220 e. The number of aromatic nitrogens is 1. The highest BCUT2D eigenvalue weighted by molar-refractivity contribution is 7.09. The SMILES string of the molecule is O=C(CCc1cccs1)NC[C@H]1Cc2cccc(-c3ccncc3)c2O1. The lowest BCUT2D eigenvalue weighted by atomic mass is 10.0. The van der Waals surface area contributed by atoms with Crippen LogP contribution in [-0.4, -0.2) is 23.5 Å². The Kier molecular flexibility index (Phi) is 4.97. The van der Waals surface area contributed by atoms with Gasteiger partial charge in [0.05, 0.1) is 6.54 Å². The molecule has 0 spiro atoms. The maximum atomic E-state index is 12.1. The van der Waals surface area contributed by atoms with Crippen molar-refractivity contribution in [3.8, 4) is 16.9 Å². The van der Waals surface area contributed by atoms with E-state index >= 15 is 0 Å². The monoisotopic (exact) mass is 364 g/mol. The zero-order valence-electron chi connectivity index (χ0n) is 14.4. The normalized spacial score (nSPS) is 15.3. The number of aryl methyl sites for hydroxylation is 1. The summed E-state index contributed by atoms with van der Waals surface area (Å²) in [6, 6.07) is 14.3. The van der Waals surface area contributed by atoms with E-state index in [2.05, 4.69) is 34.6 Å². The Morgan fingerprint density at radius 3 is 2.88 bits per heavy atom. The van der Waals surface area contributed by atoms with Gasteiger partial charge in [-0.15, -0.1) is 11.3 Å². The first kappa shape index (κ1) is 16.8. The number of carbonyl (C=O) groups is 1. The predicted octanol–water partition coefficient (Wildman–Crippen LogP) is 3.86. The van der Waals surface area contributed by atoms with Gasteiger partial charge in [-0.1, -0.05) is 24.3 Å². The molecule has 1 aliphatic heterocycles. The van der Waals surface area contributed by atoms with Crippen LogP contribution in [0.25, 0.3) is 11.1 Å². The van der Waals surface area contributed by atoms with Gasteiger partial charge in [0.15, 0.2) is 0 Å². The van der Waals surface area contributed by atoms with E-state index in [4.69, 9.17) is 4.74 Å². The molecule has 5 heteroatoms. The summed E-state index contributed by atoms with van der Waals surface area (Å²) in [6.45, 7) is 0.535. The largest absolute Gasteiger partial charge is 0.487 e. The molecule has 1 aliphatic rings. The average molecular weight is 364 g/mol. The molecule has 0 aliphatic carbocycles. The minimum absolute atomic E-state index is 0.0151. The summed E-state index contributed by atoms with van der Waals surface area (Å²) in [5.74, 6) is 1.00. The molecule has 0 fully saturated rings. The fraction of sp³-hybridized carbons (Fsp3) is 0.238. The fourth-order valence-electron chi connectivity index (χ4n) is 3.22. The van der Waals surface area contributed by atoms with Crippen LogP contribution in [0.3, 0.4) is 0 Å². The van der Waals surface area contributed by atoms with Crippen LogP contribution in [0.2, 0.25) is 0 Å². The number of hydrogen-bond donors (Lipinski definition) is 1. The van der Waals surface area contributed by atoms with Gasteiger partial charge in [0.2, 0.25) is 5.91 Å². The van der Waals surface area contributed by atoms with Crippen molar-refractivity contribution in [2.75, 3.05) is 6.54 Å². The van der Waals surface area contributed by atoms with Crippen LogP contribution < -0.4 is 10.1 Å². The van der Waals surface area contributed by atoms with Gasteiger partial charge < -0.3 is 10.1 Å². The average Bonchev–Trinajstić information content (AvgIpc) is 3.34. The van der Waals surface area contributed by atoms with Crippen LogP contribution >= 0.6 is 11.3 Å². The molecular formula is C21H20N2O2S. The Morgan fingerprint density at radius 1 is 1.19 bits per heavy atom. The highest BCUT2D eigenvalue weighted by atomic mass is 32.1. The first-order chi connectivity index (χ1) is 12.8. The molecule has 1 N–H and O–H groups in total. The van der Waals surface area contributed by atoms with Crippen molar-refractivity contribution in [1.82, 2.24) is 10.3 Å². The van der Waals surface area contributed by atoms with Crippen molar-refractivity contribution >= 4 is 17.2 Å². The van der Waals surface area contributed by atoms with Crippen molar-refractivity contribution < 1.29 is 9.53 Å². The van der Waals surface area contributed by atoms with Gasteiger partial charge in [0.25, 0.3) is 0 Å². The predicted molar refractivity (Wildman–Crippen MR) is 103 cm³/mol. The Hall–Kier alpha value is -2.66. The van der Waals surface area contributed by atoms with Gasteiger partial charge in [0, 0.05) is 35.7 Å². The molecule has 26 heavy (non-hydrogen) atoms. The Balaban J connectivity index is 1.35. The fourth-order valence-corrected chi connectivity index (χ4v) is 3.93. The lowest BCUT2D eigenvalue weighted by Gasteiger charge is -2.13. The molecule has 1 amide bonds. The van der Waals surface area contributed by atoms with Crippen molar-refractivity contribution in [3.63, 3.8) is 0 Å². The van der Waals surface area contributed by atoms with Gasteiger partial charge in [-0.25, -0.2) is 0 Å². The first-order valence-electron chi connectivity index (χ1n) is 8.77. The molecule has 0 bridgehead atoms. The minimum Gasteiger partial charge on any atom is -0.487 e. The number of ether oxygens (including phenoxy) is 1. The minimum atomic E-state index is -0.0151. The summed E-state index contributed by atoms with van der Waals surface area (Å²) < 4.78 is 6.16. The van der Waals surface area contributed by atoms with Crippen molar-refractivity contribution in [1.29, 1.82) is 0 Å². The Bertz CT molecular complexity index is 878. The molecular weight excluding hydrogens is 344 g/mol. The number of benzene rings is 1. The van der Waals surface area contributed by atoms with E-state index < -0.39 is 0 Å². The zero-order chi connectivity index (χ0) is 17.8. The number of para-hydroxylation sites is 1. The van der Waals surface area contributed by atoms with Gasteiger partial charge in [-0.05, 0) is 41.1 Å². The van der Waals surface area contributed by atoms with Crippen LogP contribution in [0.1, 0.15) is 16.9 Å². The number of amides is 1. The number of thiophene rings is 1. The van der Waals surface area contributed by atoms with Crippen molar-refractivity contribution in [2.45, 2.75) is 25.4 Å². The quantitative estimate of drug-likeness (QED) is 0.722. The summed E-state index contributed by atoms with van der Waals surface area (Å²) >= 11 is 1.69. The number of fused-ring (bicyclic) bond motifs is 1. The first-order valence-corrected chi connectivity index (χ1v) is 9.65. The molecule has 3 aromatic rings. The van der Waals surface area contributed by atoms with Crippen molar-refractivity contribution in [2.24, 2.45) is 0 Å². The van der Waals surface area contributed by atoms with Crippen LogP contribution in [0.15, 0.2) is 60.2 Å². The lowest BCUT2D eigenvalue weighted by Crippen LogP contribution is -2.34. The summed E-state index contributed by atoms with van der Waals surface area (Å²) in [5, 5.41) is 5.05. The third-order valence-corrected chi connectivity index (χ3v) is 5.46. The third-order valence-electron chi connectivity index (χ3n) is 4.53. The molecule has 3 heterocycles. The summed E-state index contributed by atoms with van der Waals surface area (Å²) in [6.07, 6.45) is 5.69. The number of nitrogens with zero attached hydrogens (tertiary/aromatic N) is 1. The van der Waals surface area contributed by atoms with E-state index in [9.17, 15) is 4.79 Å². The lowest BCUT2D eigenvalue weighted by molar-refractivity contribution is -0.121. The molecule has 2 aromatic heterocycles. The number of rotatable bonds is 6. The summed E-state index contributed by atoms with van der Waals surface area (Å²) in [4.78, 5) is 17.4. The zero-order valence-corrected chi connectivity index (χ0v) is 15.2. The highest BCUT2D eigenvalue weighted by Crippen LogP contribution is 2.38. The molecule has 132 valence electrons. The molecule has 1 aromatic carbocycles. The van der Waals surface area contributed by atoms with Crippen LogP contribution in [0, 0.1) is 0 Å². The third kappa shape index (κ3) is 3.78. The number of nitrogens with one attached hydrogen (secondary N) is 1. The van der Waals surface area contributed by atoms with E-state index in [1.807, 2.05) is 23.6 Å². The Morgan fingerprint density at radius 2 is 2.08 bits per heavy atom. The van der Waals surface area contributed by atoms with Crippen LogP contribution in [-0.2, 0) is 17.6 Å². The van der Waals surface area contributed by atoms with E-state index in [1.165, 1.54) is 10.4 Å². The smallest absolute Gasteiger partial charge is 0.220 e. The van der Waals surface area contributed by atoms with E-state index in [-0.39, 0.29) is 12.0 Å². The van der Waals surface area contributed by atoms with Crippen LogP contribution in [0.4, 0.5) is 0 Å². The van der Waals surface area contributed by atoms with Crippen molar-refractivity contribution in [3.05, 3.63) is 70.7 Å². The summed E-state index contributed by atoms with van der Waals surface area (Å²) in [5.41, 5.74) is 3.37. The Labute approximate surface area is 156 Å². The number of hydrogen-bond acceptors (Lipinski definition) is 4.